The Morgan fingerprint density at radius 1 is 1.29 bits per heavy atom. The molecule has 10 heteroatoms. The van der Waals surface area contributed by atoms with Gasteiger partial charge in [-0.3, -0.25) is 19.4 Å². The van der Waals surface area contributed by atoms with Crippen molar-refractivity contribution in [3.63, 3.8) is 0 Å². The molecule has 120 valence electrons. The van der Waals surface area contributed by atoms with Crippen LogP contribution in [0.25, 0.3) is 0 Å². The third kappa shape index (κ3) is 8.87. The number of nitrogens with two attached hydrogens (primary N) is 3. The number of aliphatic carboxylic acids is 1. The average molecular weight is 319 g/mol. The molecule has 0 saturated heterocycles. The van der Waals surface area contributed by atoms with Gasteiger partial charge in [0.05, 0.1) is 12.5 Å². The molecule has 0 aliphatic carbocycles. The maximum Gasteiger partial charge on any atom is 0.305 e. The van der Waals surface area contributed by atoms with Gasteiger partial charge in [0.15, 0.2) is 0 Å². The smallest absolute Gasteiger partial charge is 0.305 e. The van der Waals surface area contributed by atoms with Crippen LogP contribution in [-0.2, 0) is 14.4 Å². The molecule has 0 aliphatic heterocycles. The van der Waals surface area contributed by atoms with Crippen molar-refractivity contribution in [2.75, 3.05) is 12.3 Å². The molecule has 0 rings (SSSR count). The summed E-state index contributed by atoms with van der Waals surface area (Å²) >= 11 is 3.94. The van der Waals surface area contributed by atoms with Crippen LogP contribution >= 0.6 is 12.6 Å². The van der Waals surface area contributed by atoms with Crippen molar-refractivity contribution in [2.24, 2.45) is 22.2 Å². The van der Waals surface area contributed by atoms with Crippen LogP contribution in [-0.4, -0.2) is 53.1 Å². The molecule has 0 aromatic rings. The van der Waals surface area contributed by atoms with Crippen LogP contribution in [0.3, 0.4) is 0 Å². The number of aliphatic imine (C=N–C) groups is 1. The number of carbonyl (C=O) groups is 3. The Kier molecular flexibility index (Phi) is 9.13. The van der Waals surface area contributed by atoms with E-state index in [2.05, 4.69) is 22.9 Å². The van der Waals surface area contributed by atoms with Gasteiger partial charge in [-0.2, -0.15) is 12.6 Å². The molecule has 0 radical (unpaired) electrons. The zero-order valence-corrected chi connectivity index (χ0v) is 12.4. The maximum absolute atomic E-state index is 11.6. The number of hydrogen-bond acceptors (Lipinski definition) is 6. The molecule has 0 spiro atoms. The Balaban J connectivity index is 4.34. The lowest BCUT2D eigenvalue weighted by molar-refractivity contribution is -0.139. The molecule has 21 heavy (non-hydrogen) atoms. The Hall–Kier alpha value is -1.81. The fourth-order valence-electron chi connectivity index (χ4n) is 1.41. The van der Waals surface area contributed by atoms with E-state index in [1.807, 2.05) is 0 Å². The number of carboxylic acid groups (broad SMARTS) is 1. The third-order valence-corrected chi connectivity index (χ3v) is 2.84. The average Bonchev–Trinajstić information content (AvgIpc) is 2.40. The van der Waals surface area contributed by atoms with E-state index in [4.69, 9.17) is 22.3 Å². The molecule has 8 N–H and O–H groups in total. The summed E-state index contributed by atoms with van der Waals surface area (Å²) in [5, 5.41) is 10.9. The molecule has 0 heterocycles. The normalized spacial score (nSPS) is 14.3. The predicted octanol–water partition coefficient (Wildman–Crippen LogP) is -2.17. The highest BCUT2D eigenvalue weighted by atomic mass is 32.1. The summed E-state index contributed by atoms with van der Waals surface area (Å²) < 4.78 is 0. The molecule has 0 saturated carbocycles. The number of amides is 2. The monoisotopic (exact) mass is 319 g/mol. The summed E-state index contributed by atoms with van der Waals surface area (Å²) in [5.41, 5.74) is 16.0. The van der Waals surface area contributed by atoms with Crippen LogP contribution in [0.4, 0.5) is 0 Å². The second-order valence-electron chi connectivity index (χ2n) is 4.34. The molecule has 0 fully saturated rings. The van der Waals surface area contributed by atoms with Crippen molar-refractivity contribution < 1.29 is 19.5 Å². The van der Waals surface area contributed by atoms with Gasteiger partial charge in [-0.1, -0.05) is 0 Å². The van der Waals surface area contributed by atoms with Gasteiger partial charge >= 0.3 is 5.97 Å². The van der Waals surface area contributed by atoms with E-state index in [0.29, 0.717) is 24.6 Å². The Morgan fingerprint density at radius 2 is 1.90 bits per heavy atom. The lowest BCUT2D eigenvalue weighted by atomic mass is 10.1. The summed E-state index contributed by atoms with van der Waals surface area (Å²) in [6.45, 7) is 0.368. The SMILES string of the molecule is NC(=O)[C@H](CCCN=C(N)CS)NC(=O)[C@@H](N)CC(=O)O. The van der Waals surface area contributed by atoms with E-state index >= 15 is 0 Å². The number of hydrogen-bond donors (Lipinski definition) is 6. The third-order valence-electron chi connectivity index (χ3n) is 2.52. The van der Waals surface area contributed by atoms with Crippen LogP contribution in [0, 0.1) is 0 Å². The van der Waals surface area contributed by atoms with Gasteiger partial charge in [-0.25, -0.2) is 0 Å². The molecule has 0 aliphatic rings. The van der Waals surface area contributed by atoms with Crippen LogP contribution in [0.1, 0.15) is 19.3 Å². The molecule has 2 amide bonds. The summed E-state index contributed by atoms with van der Waals surface area (Å²) in [4.78, 5) is 37.3. The topological polar surface area (TPSA) is 174 Å². The molecule has 0 aromatic heterocycles. The van der Waals surface area contributed by atoms with Crippen LogP contribution in [0.15, 0.2) is 4.99 Å². The van der Waals surface area contributed by atoms with E-state index in [9.17, 15) is 14.4 Å². The van der Waals surface area contributed by atoms with E-state index in [0.717, 1.165) is 0 Å². The second-order valence-corrected chi connectivity index (χ2v) is 4.66. The zero-order chi connectivity index (χ0) is 16.4. The van der Waals surface area contributed by atoms with Crippen LogP contribution < -0.4 is 22.5 Å². The number of rotatable bonds is 10. The number of amidine groups is 1. The Morgan fingerprint density at radius 3 is 2.38 bits per heavy atom. The zero-order valence-electron chi connectivity index (χ0n) is 11.5. The fraction of sp³-hybridized carbons (Fsp3) is 0.636. The highest BCUT2D eigenvalue weighted by molar-refractivity contribution is 7.81. The molecule has 0 aromatic carbocycles. The fourth-order valence-corrected chi connectivity index (χ4v) is 1.51. The first kappa shape index (κ1) is 19.2. The van der Waals surface area contributed by atoms with Crippen LogP contribution in [0.5, 0.6) is 0 Å². The first-order valence-electron chi connectivity index (χ1n) is 6.24. The number of thiol groups is 1. The van der Waals surface area contributed by atoms with Gasteiger partial charge in [-0.15, -0.1) is 0 Å². The number of nitrogens with one attached hydrogen (secondary N) is 1. The van der Waals surface area contributed by atoms with Crippen molar-refractivity contribution in [1.82, 2.24) is 5.32 Å². The molecule has 0 unspecified atom stereocenters. The molecule has 2 atom stereocenters. The van der Waals surface area contributed by atoms with E-state index in [-0.39, 0.29) is 6.42 Å². The van der Waals surface area contributed by atoms with Gasteiger partial charge in [-0.05, 0) is 12.8 Å². The Bertz CT molecular complexity index is 415. The molecule has 9 nitrogen and oxygen atoms in total. The summed E-state index contributed by atoms with van der Waals surface area (Å²) in [7, 11) is 0. The van der Waals surface area contributed by atoms with Crippen molar-refractivity contribution in [3.05, 3.63) is 0 Å². The highest BCUT2D eigenvalue weighted by Crippen LogP contribution is 1.99. The number of primary amides is 1. The van der Waals surface area contributed by atoms with Crippen LogP contribution in [0.2, 0.25) is 0 Å². The molecular weight excluding hydrogens is 298 g/mol. The van der Waals surface area contributed by atoms with Crippen molar-refractivity contribution in [3.8, 4) is 0 Å². The summed E-state index contributed by atoms with van der Waals surface area (Å²) in [5.74, 6) is -1.96. The second kappa shape index (κ2) is 10.00. The lowest BCUT2D eigenvalue weighted by Crippen LogP contribution is -2.50. The van der Waals surface area contributed by atoms with Crippen molar-refractivity contribution in [2.45, 2.75) is 31.3 Å². The molecular formula is C11H21N5O4S. The first-order valence-corrected chi connectivity index (χ1v) is 6.87. The van der Waals surface area contributed by atoms with Gasteiger partial charge < -0.3 is 27.6 Å². The minimum Gasteiger partial charge on any atom is -0.481 e. The van der Waals surface area contributed by atoms with E-state index in [1.165, 1.54) is 0 Å². The minimum atomic E-state index is -1.23. The molecule has 0 bridgehead atoms. The van der Waals surface area contributed by atoms with Gasteiger partial charge in [0.2, 0.25) is 11.8 Å². The minimum absolute atomic E-state index is 0.254. The van der Waals surface area contributed by atoms with Gasteiger partial charge in [0.25, 0.3) is 0 Å². The Labute approximate surface area is 127 Å². The predicted molar refractivity (Wildman–Crippen MR) is 80.9 cm³/mol. The van der Waals surface area contributed by atoms with Crippen molar-refractivity contribution in [1.29, 1.82) is 0 Å². The van der Waals surface area contributed by atoms with Crippen molar-refractivity contribution >= 4 is 36.2 Å². The largest absolute Gasteiger partial charge is 0.481 e. The maximum atomic E-state index is 11.6. The number of carbonyl (C=O) groups excluding carboxylic acids is 2. The lowest BCUT2D eigenvalue weighted by Gasteiger charge is -2.17. The quantitative estimate of drug-likeness (QED) is 0.116. The first-order chi connectivity index (χ1) is 9.77. The number of nitrogens with zero attached hydrogens (tertiary/aromatic N) is 1. The summed E-state index contributed by atoms with van der Waals surface area (Å²) in [6, 6.07) is -2.16. The van der Waals surface area contributed by atoms with Gasteiger partial charge in [0.1, 0.15) is 11.9 Å². The number of carboxylic acids is 1. The highest BCUT2D eigenvalue weighted by Gasteiger charge is 2.23. The standard InChI is InChI=1S/C11H21N5O4S/c12-6(4-9(17)18)11(20)16-7(10(14)19)2-1-3-15-8(13)5-21/h6-7,21H,1-5,12H2,(H2,13,15)(H2,14,19)(H,16,20)(H,17,18)/t6-,7-/m0/s1. The summed E-state index contributed by atoms with van der Waals surface area (Å²) in [6.07, 6.45) is 0.195. The van der Waals surface area contributed by atoms with E-state index in [1.54, 1.807) is 0 Å². The van der Waals surface area contributed by atoms with Gasteiger partial charge in [0, 0.05) is 12.3 Å². The van der Waals surface area contributed by atoms with E-state index < -0.39 is 36.3 Å².